The Morgan fingerprint density at radius 3 is 2.71 bits per heavy atom. The van der Waals surface area contributed by atoms with Crippen molar-refractivity contribution in [1.82, 2.24) is 15.2 Å². The summed E-state index contributed by atoms with van der Waals surface area (Å²) in [6.07, 6.45) is 3.33. The highest BCUT2D eigenvalue weighted by Crippen LogP contribution is 2.10. The molecule has 1 saturated heterocycles. The maximum Gasteiger partial charge on any atom is 0.354 e. The fourth-order valence-electron chi connectivity index (χ4n) is 2.43. The molecule has 0 radical (unpaired) electrons. The number of hydrogen-bond donors (Lipinski definition) is 2. The maximum absolute atomic E-state index is 12.2. The third kappa shape index (κ3) is 4.26. The first kappa shape index (κ1) is 15.4. The normalized spacial score (nSPS) is 16.5. The van der Waals surface area contributed by atoms with Gasteiger partial charge >= 0.3 is 5.97 Å². The highest BCUT2D eigenvalue weighted by Gasteiger charge is 2.21. The summed E-state index contributed by atoms with van der Waals surface area (Å²) in [6.45, 7) is 3.87. The Labute approximate surface area is 124 Å². The molecule has 1 aliphatic rings. The number of carboxylic acids is 1. The zero-order valence-electron chi connectivity index (χ0n) is 12.2. The van der Waals surface area contributed by atoms with Gasteiger partial charge < -0.3 is 15.3 Å². The second-order valence-electron chi connectivity index (χ2n) is 5.31. The predicted octanol–water partition coefficient (Wildman–Crippen LogP) is 1.27. The Balaban J connectivity index is 1.88. The summed E-state index contributed by atoms with van der Waals surface area (Å²) in [5.41, 5.74) is 0.637. The Bertz CT molecular complexity index is 513. The van der Waals surface area contributed by atoms with Gasteiger partial charge in [-0.2, -0.15) is 0 Å². The first-order chi connectivity index (χ1) is 10.1. The average Bonchev–Trinajstić information content (AvgIpc) is 2.53. The molecule has 0 aliphatic carbocycles. The molecule has 1 fully saturated rings. The minimum absolute atomic E-state index is 0.0179. The predicted molar refractivity (Wildman–Crippen MR) is 77.9 cm³/mol. The molecule has 1 amide bonds. The van der Waals surface area contributed by atoms with E-state index in [-0.39, 0.29) is 17.6 Å². The van der Waals surface area contributed by atoms with Crippen LogP contribution in [0.4, 0.5) is 0 Å². The lowest BCUT2D eigenvalue weighted by molar-refractivity contribution is -0.133. The van der Waals surface area contributed by atoms with Crippen LogP contribution in [-0.4, -0.2) is 46.0 Å². The average molecular weight is 291 g/mol. The number of rotatable bonds is 5. The van der Waals surface area contributed by atoms with Crippen LogP contribution in [0.5, 0.6) is 0 Å². The smallest absolute Gasteiger partial charge is 0.354 e. The van der Waals surface area contributed by atoms with Crippen LogP contribution in [0, 0.1) is 0 Å². The molecular weight excluding hydrogens is 270 g/mol. The third-order valence-corrected chi connectivity index (χ3v) is 3.65. The van der Waals surface area contributed by atoms with Gasteiger partial charge in [0.15, 0.2) is 0 Å². The maximum atomic E-state index is 12.2. The number of aromatic nitrogens is 1. The molecule has 0 spiro atoms. The lowest BCUT2D eigenvalue weighted by Crippen LogP contribution is -2.46. The number of nitrogens with zero attached hydrogens (tertiary/aromatic N) is 2. The SMILES string of the molecule is CC(NCc1cccc(C(=O)O)n1)C(=O)N1CCCCC1. The molecule has 0 aromatic carbocycles. The first-order valence-electron chi connectivity index (χ1n) is 7.29. The van der Waals surface area contributed by atoms with Crippen LogP contribution in [-0.2, 0) is 11.3 Å². The van der Waals surface area contributed by atoms with E-state index < -0.39 is 5.97 Å². The van der Waals surface area contributed by atoms with Gasteiger partial charge in [-0.05, 0) is 38.3 Å². The highest BCUT2D eigenvalue weighted by atomic mass is 16.4. The Kier molecular flexibility index (Phi) is 5.27. The van der Waals surface area contributed by atoms with Crippen molar-refractivity contribution in [2.24, 2.45) is 0 Å². The number of pyridine rings is 1. The number of hydrogen-bond acceptors (Lipinski definition) is 4. The van der Waals surface area contributed by atoms with E-state index in [0.29, 0.717) is 12.2 Å². The van der Waals surface area contributed by atoms with Crippen LogP contribution in [0.2, 0.25) is 0 Å². The van der Waals surface area contributed by atoms with Crippen molar-refractivity contribution in [2.45, 2.75) is 38.8 Å². The lowest BCUT2D eigenvalue weighted by Gasteiger charge is -2.29. The molecule has 0 bridgehead atoms. The summed E-state index contributed by atoms with van der Waals surface area (Å²) in [5, 5.41) is 12.0. The summed E-state index contributed by atoms with van der Waals surface area (Å²) < 4.78 is 0. The van der Waals surface area contributed by atoms with E-state index in [1.165, 1.54) is 12.5 Å². The molecule has 21 heavy (non-hydrogen) atoms. The van der Waals surface area contributed by atoms with E-state index in [1.54, 1.807) is 12.1 Å². The summed E-state index contributed by atoms with van der Waals surface area (Å²) in [6, 6.07) is 4.56. The standard InChI is InChI=1S/C15H21N3O3/c1-11(14(19)18-8-3-2-4-9-18)16-10-12-6-5-7-13(17-12)15(20)21/h5-7,11,16H,2-4,8-10H2,1H3,(H,20,21). The van der Waals surface area contributed by atoms with Crippen LogP contribution >= 0.6 is 0 Å². The highest BCUT2D eigenvalue weighted by molar-refractivity contribution is 5.85. The topological polar surface area (TPSA) is 82.5 Å². The Morgan fingerprint density at radius 1 is 1.33 bits per heavy atom. The molecule has 1 aromatic heterocycles. The molecular formula is C15H21N3O3. The second kappa shape index (κ2) is 7.17. The van der Waals surface area contributed by atoms with Gasteiger partial charge in [-0.1, -0.05) is 6.07 Å². The van der Waals surface area contributed by atoms with E-state index in [4.69, 9.17) is 5.11 Å². The Morgan fingerprint density at radius 2 is 2.05 bits per heavy atom. The number of aromatic carboxylic acids is 1. The fraction of sp³-hybridized carbons (Fsp3) is 0.533. The van der Waals surface area contributed by atoms with Crippen LogP contribution in [0.15, 0.2) is 18.2 Å². The number of amides is 1. The van der Waals surface area contributed by atoms with Crippen molar-refractivity contribution in [3.05, 3.63) is 29.6 Å². The van der Waals surface area contributed by atoms with E-state index in [9.17, 15) is 9.59 Å². The Hall–Kier alpha value is -1.95. The summed E-state index contributed by atoms with van der Waals surface area (Å²) in [4.78, 5) is 29.0. The zero-order valence-corrected chi connectivity index (χ0v) is 12.2. The molecule has 114 valence electrons. The largest absolute Gasteiger partial charge is 0.477 e. The van der Waals surface area contributed by atoms with Crippen LogP contribution in [0.1, 0.15) is 42.4 Å². The molecule has 6 nitrogen and oxygen atoms in total. The van der Waals surface area contributed by atoms with Gasteiger partial charge in [0.05, 0.1) is 11.7 Å². The molecule has 2 rings (SSSR count). The molecule has 2 heterocycles. The van der Waals surface area contributed by atoms with Crippen molar-refractivity contribution in [3.8, 4) is 0 Å². The van der Waals surface area contributed by atoms with E-state index >= 15 is 0 Å². The van der Waals surface area contributed by atoms with Gasteiger partial charge in [0.1, 0.15) is 5.69 Å². The molecule has 0 saturated carbocycles. The van der Waals surface area contributed by atoms with Crippen molar-refractivity contribution in [3.63, 3.8) is 0 Å². The monoisotopic (exact) mass is 291 g/mol. The van der Waals surface area contributed by atoms with E-state index in [2.05, 4.69) is 10.3 Å². The summed E-state index contributed by atoms with van der Waals surface area (Å²) in [5.74, 6) is -0.946. The van der Waals surface area contributed by atoms with Crippen molar-refractivity contribution in [1.29, 1.82) is 0 Å². The molecule has 1 aliphatic heterocycles. The zero-order chi connectivity index (χ0) is 15.2. The summed E-state index contributed by atoms with van der Waals surface area (Å²) >= 11 is 0. The minimum atomic E-state index is -1.05. The molecule has 1 unspecified atom stereocenters. The first-order valence-corrected chi connectivity index (χ1v) is 7.29. The van der Waals surface area contributed by atoms with Crippen molar-refractivity contribution < 1.29 is 14.7 Å². The van der Waals surface area contributed by atoms with Crippen molar-refractivity contribution >= 4 is 11.9 Å². The molecule has 6 heteroatoms. The summed E-state index contributed by atoms with van der Waals surface area (Å²) in [7, 11) is 0. The van der Waals surface area contributed by atoms with E-state index in [1.807, 2.05) is 11.8 Å². The second-order valence-corrected chi connectivity index (χ2v) is 5.31. The molecule has 1 aromatic rings. The van der Waals surface area contributed by atoms with Crippen LogP contribution in [0.3, 0.4) is 0 Å². The van der Waals surface area contributed by atoms with Gasteiger partial charge in [-0.15, -0.1) is 0 Å². The minimum Gasteiger partial charge on any atom is -0.477 e. The number of nitrogens with one attached hydrogen (secondary N) is 1. The van der Waals surface area contributed by atoms with Crippen molar-refractivity contribution in [2.75, 3.05) is 13.1 Å². The van der Waals surface area contributed by atoms with Crippen LogP contribution < -0.4 is 5.32 Å². The van der Waals surface area contributed by atoms with Gasteiger partial charge in [-0.25, -0.2) is 9.78 Å². The number of carboxylic acid groups (broad SMARTS) is 1. The lowest BCUT2D eigenvalue weighted by atomic mass is 10.1. The third-order valence-electron chi connectivity index (χ3n) is 3.65. The van der Waals surface area contributed by atoms with Gasteiger partial charge in [0, 0.05) is 19.6 Å². The molecule has 2 N–H and O–H groups in total. The van der Waals surface area contributed by atoms with Gasteiger partial charge in [0.25, 0.3) is 0 Å². The number of carbonyl (C=O) groups excluding carboxylic acids is 1. The van der Waals surface area contributed by atoms with E-state index in [0.717, 1.165) is 25.9 Å². The number of likely N-dealkylation sites (tertiary alicyclic amines) is 1. The van der Waals surface area contributed by atoms with Gasteiger partial charge in [0.2, 0.25) is 5.91 Å². The fourth-order valence-corrected chi connectivity index (χ4v) is 2.43. The number of piperidine rings is 1. The quantitative estimate of drug-likeness (QED) is 0.853. The van der Waals surface area contributed by atoms with Crippen LogP contribution in [0.25, 0.3) is 0 Å². The number of carbonyl (C=O) groups is 2. The molecule has 1 atom stereocenters. The van der Waals surface area contributed by atoms with Gasteiger partial charge in [-0.3, -0.25) is 4.79 Å².